The number of esters is 1. The maximum Gasteiger partial charge on any atom is 0.324 e. The summed E-state index contributed by atoms with van der Waals surface area (Å²) >= 11 is 0. The fourth-order valence-electron chi connectivity index (χ4n) is 2.56. The van der Waals surface area contributed by atoms with Crippen LogP contribution in [0, 0.1) is 13.8 Å². The summed E-state index contributed by atoms with van der Waals surface area (Å²) < 4.78 is 37.3. The second kappa shape index (κ2) is 9.19. The molecular formula is C21H25NO6S. The minimum absolute atomic E-state index is 0.0165. The number of benzene rings is 2. The number of hydrogen-bond acceptors (Lipinski definition) is 6. The van der Waals surface area contributed by atoms with Crippen LogP contribution in [0.4, 0.5) is 0 Å². The maximum absolute atomic E-state index is 12.5. The number of Topliss-reactive ketones (excluding diaryl/α,β-unsaturated/α-hetero) is 1. The fourth-order valence-corrected chi connectivity index (χ4v) is 3.76. The number of rotatable bonds is 8. The minimum Gasteiger partial charge on any atom is -0.497 e. The fraction of sp³-hybridized carbons (Fsp3) is 0.333. The van der Waals surface area contributed by atoms with Gasteiger partial charge < -0.3 is 9.47 Å². The van der Waals surface area contributed by atoms with E-state index in [0.29, 0.717) is 11.3 Å². The molecule has 0 heterocycles. The van der Waals surface area contributed by atoms with Crippen molar-refractivity contribution < 1.29 is 27.5 Å². The van der Waals surface area contributed by atoms with Gasteiger partial charge in [0, 0.05) is 5.56 Å². The van der Waals surface area contributed by atoms with Gasteiger partial charge in [-0.2, -0.15) is 4.72 Å². The standard InChI is InChI=1S/C21H25NO6S/c1-13-6-7-17(12-14(13)2)20(23)16(4)28-21(24)15(3)22-29(25,26)19-10-8-18(27-5)9-11-19/h6-12,15-16,22H,1-5H3. The Hall–Kier alpha value is -2.71. The Balaban J connectivity index is 2.03. The molecule has 0 bridgehead atoms. The summed E-state index contributed by atoms with van der Waals surface area (Å²) in [7, 11) is -2.47. The molecule has 0 aliphatic heterocycles. The highest BCUT2D eigenvalue weighted by Crippen LogP contribution is 2.16. The Morgan fingerprint density at radius 3 is 2.14 bits per heavy atom. The molecule has 2 aromatic rings. The van der Waals surface area contributed by atoms with E-state index in [9.17, 15) is 18.0 Å². The SMILES string of the molecule is COc1ccc(S(=O)(=O)NC(C)C(=O)OC(C)C(=O)c2ccc(C)c(C)c2)cc1. The van der Waals surface area contributed by atoms with Crippen molar-refractivity contribution in [3.05, 3.63) is 59.2 Å². The lowest BCUT2D eigenvalue weighted by Gasteiger charge is -2.17. The van der Waals surface area contributed by atoms with Crippen molar-refractivity contribution in [2.24, 2.45) is 0 Å². The number of methoxy groups -OCH3 is 1. The van der Waals surface area contributed by atoms with Gasteiger partial charge in [-0.3, -0.25) is 9.59 Å². The van der Waals surface area contributed by atoms with Gasteiger partial charge in [-0.1, -0.05) is 12.1 Å². The Labute approximate surface area is 171 Å². The third-order valence-electron chi connectivity index (χ3n) is 4.51. The van der Waals surface area contributed by atoms with Crippen LogP contribution >= 0.6 is 0 Å². The number of ketones is 1. The zero-order chi connectivity index (χ0) is 21.8. The van der Waals surface area contributed by atoms with Gasteiger partial charge in [0.1, 0.15) is 11.8 Å². The molecule has 7 nitrogen and oxygen atoms in total. The highest BCUT2D eigenvalue weighted by molar-refractivity contribution is 7.89. The highest BCUT2D eigenvalue weighted by atomic mass is 32.2. The number of sulfonamides is 1. The second-order valence-electron chi connectivity index (χ2n) is 6.76. The summed E-state index contributed by atoms with van der Waals surface area (Å²) in [6.07, 6.45) is -1.04. The smallest absolute Gasteiger partial charge is 0.324 e. The Kier molecular flexibility index (Phi) is 7.16. The highest BCUT2D eigenvalue weighted by Gasteiger charge is 2.27. The lowest BCUT2D eigenvalue weighted by Crippen LogP contribution is -2.41. The predicted molar refractivity (Wildman–Crippen MR) is 109 cm³/mol. The van der Waals surface area contributed by atoms with Crippen molar-refractivity contribution in [3.8, 4) is 5.75 Å². The summed E-state index contributed by atoms with van der Waals surface area (Å²) in [5.74, 6) is -0.687. The molecule has 0 spiro atoms. The van der Waals surface area contributed by atoms with Crippen LogP contribution < -0.4 is 9.46 Å². The van der Waals surface area contributed by atoms with E-state index in [4.69, 9.17) is 9.47 Å². The summed E-state index contributed by atoms with van der Waals surface area (Å²) in [6, 6.07) is 9.79. The molecule has 0 amide bonds. The van der Waals surface area contributed by atoms with Crippen LogP contribution in [0.3, 0.4) is 0 Å². The van der Waals surface area contributed by atoms with Gasteiger partial charge in [0.25, 0.3) is 0 Å². The van der Waals surface area contributed by atoms with Crippen LogP contribution in [0.25, 0.3) is 0 Å². The van der Waals surface area contributed by atoms with E-state index in [1.54, 1.807) is 12.1 Å². The first-order valence-electron chi connectivity index (χ1n) is 9.03. The summed E-state index contributed by atoms with van der Waals surface area (Å²) in [4.78, 5) is 24.8. The van der Waals surface area contributed by atoms with Crippen molar-refractivity contribution >= 4 is 21.8 Å². The molecule has 29 heavy (non-hydrogen) atoms. The van der Waals surface area contributed by atoms with Crippen molar-refractivity contribution in [1.29, 1.82) is 0 Å². The lowest BCUT2D eigenvalue weighted by atomic mass is 10.0. The van der Waals surface area contributed by atoms with Crippen LogP contribution in [0.2, 0.25) is 0 Å². The van der Waals surface area contributed by atoms with Crippen molar-refractivity contribution in [2.45, 2.75) is 44.7 Å². The summed E-state index contributed by atoms with van der Waals surface area (Å²) in [5.41, 5.74) is 2.43. The Bertz CT molecular complexity index is 998. The number of nitrogens with one attached hydrogen (secondary N) is 1. The third-order valence-corrected chi connectivity index (χ3v) is 6.07. The molecule has 0 aliphatic carbocycles. The third kappa shape index (κ3) is 5.65. The van der Waals surface area contributed by atoms with Gasteiger partial charge >= 0.3 is 5.97 Å². The maximum atomic E-state index is 12.5. The average molecular weight is 419 g/mol. The number of hydrogen-bond donors (Lipinski definition) is 1. The Morgan fingerprint density at radius 2 is 1.59 bits per heavy atom. The molecule has 8 heteroatoms. The van der Waals surface area contributed by atoms with E-state index in [1.165, 1.54) is 45.2 Å². The molecule has 0 saturated carbocycles. The predicted octanol–water partition coefficient (Wildman–Crippen LogP) is 2.79. The molecular weight excluding hydrogens is 394 g/mol. The normalized spacial score (nSPS) is 13.4. The molecule has 0 aromatic heterocycles. The molecule has 2 aromatic carbocycles. The summed E-state index contributed by atoms with van der Waals surface area (Å²) in [6.45, 7) is 6.64. The van der Waals surface area contributed by atoms with Gasteiger partial charge in [0.05, 0.1) is 12.0 Å². The van der Waals surface area contributed by atoms with E-state index in [-0.39, 0.29) is 10.7 Å². The monoisotopic (exact) mass is 419 g/mol. The largest absolute Gasteiger partial charge is 0.497 e. The van der Waals surface area contributed by atoms with Crippen LogP contribution in [0.1, 0.15) is 35.3 Å². The van der Waals surface area contributed by atoms with E-state index in [1.807, 2.05) is 19.9 Å². The number of ether oxygens (including phenoxy) is 2. The minimum atomic E-state index is -3.94. The topological polar surface area (TPSA) is 98.8 Å². The number of carbonyl (C=O) groups excluding carboxylic acids is 2. The number of aryl methyl sites for hydroxylation is 2. The van der Waals surface area contributed by atoms with Crippen molar-refractivity contribution in [1.82, 2.24) is 4.72 Å². The molecule has 0 aliphatic rings. The molecule has 0 fully saturated rings. The van der Waals surface area contributed by atoms with Crippen LogP contribution in [-0.4, -0.2) is 39.4 Å². The molecule has 156 valence electrons. The van der Waals surface area contributed by atoms with Gasteiger partial charge in [-0.15, -0.1) is 0 Å². The first-order valence-corrected chi connectivity index (χ1v) is 10.5. The molecule has 0 saturated heterocycles. The quantitative estimate of drug-likeness (QED) is 0.522. The van der Waals surface area contributed by atoms with Crippen LogP contribution in [0.5, 0.6) is 5.75 Å². The molecule has 2 atom stereocenters. The Morgan fingerprint density at radius 1 is 0.966 bits per heavy atom. The van der Waals surface area contributed by atoms with Crippen LogP contribution in [-0.2, 0) is 19.6 Å². The van der Waals surface area contributed by atoms with Gasteiger partial charge in [0.15, 0.2) is 6.10 Å². The zero-order valence-electron chi connectivity index (χ0n) is 17.1. The molecule has 2 rings (SSSR count). The van der Waals surface area contributed by atoms with Crippen LogP contribution in [0.15, 0.2) is 47.4 Å². The van der Waals surface area contributed by atoms with E-state index >= 15 is 0 Å². The van der Waals surface area contributed by atoms with Gasteiger partial charge in [-0.05, 0) is 69.2 Å². The van der Waals surface area contributed by atoms with Crippen molar-refractivity contribution in [3.63, 3.8) is 0 Å². The van der Waals surface area contributed by atoms with Gasteiger partial charge in [-0.25, -0.2) is 8.42 Å². The van der Waals surface area contributed by atoms with Gasteiger partial charge in [0.2, 0.25) is 15.8 Å². The zero-order valence-corrected chi connectivity index (χ0v) is 17.9. The van der Waals surface area contributed by atoms with E-state index < -0.39 is 28.1 Å². The van der Waals surface area contributed by atoms with Crippen molar-refractivity contribution in [2.75, 3.05) is 7.11 Å². The lowest BCUT2D eigenvalue weighted by molar-refractivity contribution is -0.147. The van der Waals surface area contributed by atoms with E-state index in [2.05, 4.69) is 4.72 Å². The summed E-state index contributed by atoms with van der Waals surface area (Å²) in [5, 5.41) is 0. The first kappa shape index (κ1) is 22.6. The first-order chi connectivity index (χ1) is 13.5. The average Bonchev–Trinajstić information content (AvgIpc) is 2.69. The molecule has 1 N–H and O–H groups in total. The van der Waals surface area contributed by atoms with E-state index in [0.717, 1.165) is 11.1 Å². The number of carbonyl (C=O) groups is 2. The molecule has 0 radical (unpaired) electrons. The molecule has 2 unspecified atom stereocenters. The second-order valence-corrected chi connectivity index (χ2v) is 8.47.